The molecule has 0 fully saturated rings. The number of carbonyl (C=O) groups excluding carboxylic acids is 2. The summed E-state index contributed by atoms with van der Waals surface area (Å²) in [6.07, 6.45) is 0.354. The summed E-state index contributed by atoms with van der Waals surface area (Å²) in [7, 11) is 0. The fraction of sp³-hybridized carbons (Fsp3) is 0. The Morgan fingerprint density at radius 3 is 2.23 bits per heavy atom. The predicted molar refractivity (Wildman–Crippen MR) is 75.9 cm³/mol. The van der Waals surface area contributed by atoms with E-state index in [2.05, 4.69) is 9.97 Å². The second-order valence-corrected chi connectivity index (χ2v) is 4.56. The van der Waals surface area contributed by atoms with Crippen LogP contribution in [0.3, 0.4) is 0 Å². The number of rotatable bonds is 2. The van der Waals surface area contributed by atoms with E-state index in [-0.39, 0.29) is 38.9 Å². The molecule has 0 bridgehead atoms. The first-order chi connectivity index (χ1) is 10.4. The van der Waals surface area contributed by atoms with Crippen LogP contribution < -0.4 is 5.73 Å². The Morgan fingerprint density at radius 2 is 1.59 bits per heavy atom. The van der Waals surface area contributed by atoms with Gasteiger partial charge in [0.1, 0.15) is 39.3 Å². The van der Waals surface area contributed by atoms with Crippen LogP contribution in [0.2, 0.25) is 0 Å². The Labute approximate surface area is 122 Å². The van der Waals surface area contributed by atoms with Crippen LogP contribution in [-0.4, -0.2) is 37.5 Å². The second-order valence-electron chi connectivity index (χ2n) is 4.56. The van der Waals surface area contributed by atoms with Crippen LogP contribution in [0, 0.1) is 0 Å². The number of nitrogens with two attached hydrogens (primary N) is 1. The molecule has 0 spiro atoms. The second kappa shape index (κ2) is 4.55. The molecule has 8 heteroatoms. The van der Waals surface area contributed by atoms with Crippen molar-refractivity contribution in [3.05, 3.63) is 29.3 Å². The van der Waals surface area contributed by atoms with Crippen LogP contribution in [-0.2, 0) is 0 Å². The fourth-order valence-electron chi connectivity index (χ4n) is 2.20. The van der Waals surface area contributed by atoms with Crippen molar-refractivity contribution in [1.82, 2.24) is 9.97 Å². The van der Waals surface area contributed by atoms with Crippen molar-refractivity contribution in [3.63, 3.8) is 0 Å². The van der Waals surface area contributed by atoms with Gasteiger partial charge in [-0.05, 0) is 12.1 Å². The highest BCUT2D eigenvalue weighted by atomic mass is 16.3. The third-order valence-corrected chi connectivity index (χ3v) is 3.23. The highest BCUT2D eigenvalue weighted by molar-refractivity contribution is 6.09. The fourth-order valence-corrected chi connectivity index (χ4v) is 2.20. The van der Waals surface area contributed by atoms with Crippen LogP contribution in [0.1, 0.15) is 20.7 Å². The standard InChI is InChI=1S/C14H9N3O5/c15-14(22)5-1-2-7(19)12-10(5)16-13-9(21)3-8(20)6(4-18)11(13)17-12/h1-4,19-21H,(H2,15,22). The zero-order valence-electron chi connectivity index (χ0n) is 10.9. The van der Waals surface area contributed by atoms with Gasteiger partial charge in [0.05, 0.1) is 11.1 Å². The van der Waals surface area contributed by atoms with Crippen molar-refractivity contribution in [2.45, 2.75) is 0 Å². The van der Waals surface area contributed by atoms with Gasteiger partial charge in [-0.15, -0.1) is 0 Å². The predicted octanol–water partition coefficient (Wildman–Crippen LogP) is 0.811. The third-order valence-electron chi connectivity index (χ3n) is 3.23. The van der Waals surface area contributed by atoms with Gasteiger partial charge >= 0.3 is 0 Å². The number of fused-ring (bicyclic) bond motifs is 2. The van der Waals surface area contributed by atoms with E-state index in [9.17, 15) is 24.9 Å². The van der Waals surface area contributed by atoms with Gasteiger partial charge in [0.15, 0.2) is 6.29 Å². The molecule has 0 aliphatic carbocycles. The van der Waals surface area contributed by atoms with E-state index < -0.39 is 17.4 Å². The van der Waals surface area contributed by atoms with Crippen molar-refractivity contribution in [1.29, 1.82) is 0 Å². The molecule has 1 amide bonds. The molecule has 2 aromatic carbocycles. The number of phenols is 3. The molecule has 0 aliphatic rings. The molecule has 5 N–H and O–H groups in total. The molecule has 1 aromatic heterocycles. The van der Waals surface area contributed by atoms with Crippen LogP contribution in [0.15, 0.2) is 18.2 Å². The summed E-state index contributed by atoms with van der Waals surface area (Å²) in [6.45, 7) is 0. The van der Waals surface area contributed by atoms with Gasteiger partial charge in [-0.25, -0.2) is 9.97 Å². The van der Waals surface area contributed by atoms with Gasteiger partial charge < -0.3 is 21.1 Å². The molecule has 0 saturated heterocycles. The Hall–Kier alpha value is -3.42. The summed E-state index contributed by atoms with van der Waals surface area (Å²) >= 11 is 0. The van der Waals surface area contributed by atoms with Gasteiger partial charge in [-0.3, -0.25) is 9.59 Å². The van der Waals surface area contributed by atoms with Crippen LogP contribution in [0.5, 0.6) is 17.2 Å². The zero-order chi connectivity index (χ0) is 16.0. The minimum Gasteiger partial charge on any atom is -0.507 e. The maximum atomic E-state index is 11.4. The summed E-state index contributed by atoms with van der Waals surface area (Å²) in [6, 6.07) is 3.43. The summed E-state index contributed by atoms with van der Waals surface area (Å²) < 4.78 is 0. The van der Waals surface area contributed by atoms with Crippen molar-refractivity contribution in [3.8, 4) is 17.2 Å². The average molecular weight is 299 g/mol. The number of aromatic nitrogens is 2. The van der Waals surface area contributed by atoms with E-state index in [0.717, 1.165) is 6.07 Å². The summed E-state index contributed by atoms with van der Waals surface area (Å²) in [5.41, 5.74) is 4.77. The molecular formula is C14H9N3O5. The van der Waals surface area contributed by atoms with Gasteiger partial charge in [0, 0.05) is 6.07 Å². The summed E-state index contributed by atoms with van der Waals surface area (Å²) in [5.74, 6) is -1.97. The third kappa shape index (κ3) is 1.78. The summed E-state index contributed by atoms with van der Waals surface area (Å²) in [5, 5.41) is 29.4. The topological polar surface area (TPSA) is 147 Å². The number of primary amides is 1. The first-order valence-corrected chi connectivity index (χ1v) is 6.07. The molecule has 0 unspecified atom stereocenters. The van der Waals surface area contributed by atoms with Crippen LogP contribution in [0.25, 0.3) is 22.1 Å². The Bertz CT molecular complexity index is 968. The molecular weight excluding hydrogens is 290 g/mol. The largest absolute Gasteiger partial charge is 0.507 e. The number of benzene rings is 2. The Kier molecular flexibility index (Phi) is 2.81. The Morgan fingerprint density at radius 1 is 0.955 bits per heavy atom. The molecule has 1 heterocycles. The smallest absolute Gasteiger partial charge is 0.250 e. The molecule has 8 nitrogen and oxygen atoms in total. The first-order valence-electron chi connectivity index (χ1n) is 6.07. The number of carbonyl (C=O) groups is 2. The van der Waals surface area contributed by atoms with Crippen LogP contribution >= 0.6 is 0 Å². The van der Waals surface area contributed by atoms with Gasteiger partial charge in [-0.1, -0.05) is 0 Å². The highest BCUT2D eigenvalue weighted by Gasteiger charge is 2.19. The highest BCUT2D eigenvalue weighted by Crippen LogP contribution is 2.34. The normalized spacial score (nSPS) is 10.9. The van der Waals surface area contributed by atoms with Gasteiger partial charge in [0.2, 0.25) is 0 Å². The van der Waals surface area contributed by atoms with E-state index in [4.69, 9.17) is 5.73 Å². The minimum absolute atomic E-state index is 0.00216. The molecule has 3 aromatic rings. The number of aromatic hydroxyl groups is 3. The lowest BCUT2D eigenvalue weighted by atomic mass is 10.1. The van der Waals surface area contributed by atoms with Crippen molar-refractivity contribution < 1.29 is 24.9 Å². The Balaban J connectivity index is 2.59. The number of aldehydes is 1. The number of nitrogens with zero attached hydrogens (tertiary/aromatic N) is 2. The molecule has 110 valence electrons. The van der Waals surface area contributed by atoms with Gasteiger partial charge in [0.25, 0.3) is 5.91 Å². The monoisotopic (exact) mass is 299 g/mol. The van der Waals surface area contributed by atoms with E-state index in [1.807, 2.05) is 0 Å². The number of hydrogen-bond donors (Lipinski definition) is 4. The minimum atomic E-state index is -0.785. The van der Waals surface area contributed by atoms with Crippen molar-refractivity contribution in [2.75, 3.05) is 0 Å². The molecule has 3 rings (SSSR count). The molecule has 0 saturated carbocycles. The average Bonchev–Trinajstić information content (AvgIpc) is 2.46. The SMILES string of the molecule is NC(=O)c1ccc(O)c2nc3c(C=O)c(O)cc(O)c3nc12. The molecule has 22 heavy (non-hydrogen) atoms. The lowest BCUT2D eigenvalue weighted by Crippen LogP contribution is -2.12. The molecule has 0 atom stereocenters. The molecule has 0 radical (unpaired) electrons. The lowest BCUT2D eigenvalue weighted by Gasteiger charge is -2.09. The van der Waals surface area contributed by atoms with E-state index >= 15 is 0 Å². The van der Waals surface area contributed by atoms with Crippen molar-refractivity contribution >= 4 is 34.3 Å². The summed E-state index contributed by atoms with van der Waals surface area (Å²) in [4.78, 5) is 30.6. The maximum absolute atomic E-state index is 11.4. The van der Waals surface area contributed by atoms with Crippen LogP contribution in [0.4, 0.5) is 0 Å². The van der Waals surface area contributed by atoms with Gasteiger partial charge in [-0.2, -0.15) is 0 Å². The number of amides is 1. The number of phenolic OH excluding ortho intramolecular Hbond substituents is 3. The zero-order valence-corrected chi connectivity index (χ0v) is 10.9. The van der Waals surface area contributed by atoms with E-state index in [0.29, 0.717) is 6.29 Å². The maximum Gasteiger partial charge on any atom is 0.250 e. The van der Waals surface area contributed by atoms with Crippen molar-refractivity contribution in [2.24, 2.45) is 5.73 Å². The first kappa shape index (κ1) is 13.6. The molecule has 0 aliphatic heterocycles. The van der Waals surface area contributed by atoms with E-state index in [1.54, 1.807) is 0 Å². The van der Waals surface area contributed by atoms with E-state index in [1.165, 1.54) is 12.1 Å². The quantitative estimate of drug-likeness (QED) is 0.404. The number of hydrogen-bond acceptors (Lipinski definition) is 7. The lowest BCUT2D eigenvalue weighted by molar-refractivity contribution is 0.100.